The van der Waals surface area contributed by atoms with Gasteiger partial charge in [-0.05, 0) is 61.7 Å². The Balaban J connectivity index is 1.40. The molecule has 1 unspecified atom stereocenters. The van der Waals surface area contributed by atoms with Crippen molar-refractivity contribution in [1.29, 1.82) is 0 Å². The van der Waals surface area contributed by atoms with Gasteiger partial charge >= 0.3 is 12.1 Å². The Morgan fingerprint density at radius 1 is 1.08 bits per heavy atom. The van der Waals surface area contributed by atoms with Crippen molar-refractivity contribution in [2.75, 3.05) is 11.9 Å². The molecule has 1 aliphatic rings. The normalized spacial score (nSPS) is 14.5. The van der Waals surface area contributed by atoms with Gasteiger partial charge in [-0.15, -0.1) is 22.7 Å². The first-order chi connectivity index (χ1) is 18.3. The summed E-state index contributed by atoms with van der Waals surface area (Å²) in [5.41, 5.74) is 4.31. The Bertz CT molecular complexity index is 1470. The van der Waals surface area contributed by atoms with Gasteiger partial charge in [0.15, 0.2) is 5.13 Å². The molecule has 196 valence electrons. The molecule has 5 rings (SSSR count). The number of nitrogens with one attached hydrogen (secondary N) is 1. The lowest BCUT2D eigenvalue weighted by molar-refractivity contribution is -0.146. The van der Waals surface area contributed by atoms with Crippen LogP contribution in [0.1, 0.15) is 48.8 Å². The Hall–Kier alpha value is -3.49. The fourth-order valence-corrected chi connectivity index (χ4v) is 6.41. The number of thiophene rings is 2. The fraction of sp³-hybridized carbons (Fsp3) is 0.267. The van der Waals surface area contributed by atoms with Crippen LogP contribution in [0.2, 0.25) is 0 Å². The standard InChI is InChI=1S/C30H28FNO4S2/c1-4-35-28(33)30(14-15-30)21-11-9-20(10-12-21)23-7-5-6-8-24(23)27-25(17-26(31)38-27)32-29(34)36-18(2)22-13-16-37-19(22)3/h5-13,16-18H,4,14-15H2,1-3H3,(H,32,34). The van der Waals surface area contributed by atoms with Crippen molar-refractivity contribution < 1.29 is 23.5 Å². The van der Waals surface area contributed by atoms with Crippen molar-refractivity contribution >= 4 is 40.4 Å². The zero-order valence-corrected chi connectivity index (χ0v) is 23.0. The molecule has 8 heteroatoms. The van der Waals surface area contributed by atoms with Crippen molar-refractivity contribution in [3.63, 3.8) is 0 Å². The van der Waals surface area contributed by atoms with Gasteiger partial charge in [0.2, 0.25) is 0 Å². The minimum absolute atomic E-state index is 0.173. The largest absolute Gasteiger partial charge is 0.465 e. The lowest BCUT2D eigenvalue weighted by atomic mass is 9.92. The lowest BCUT2D eigenvalue weighted by Crippen LogP contribution is -2.23. The number of benzene rings is 2. The number of esters is 1. The Labute approximate surface area is 229 Å². The molecule has 0 radical (unpaired) electrons. The summed E-state index contributed by atoms with van der Waals surface area (Å²) in [6, 6.07) is 18.8. The average Bonchev–Trinajstić information content (AvgIpc) is 3.48. The second kappa shape index (κ2) is 10.7. The van der Waals surface area contributed by atoms with Gasteiger partial charge in [-0.3, -0.25) is 10.1 Å². The molecule has 1 aliphatic carbocycles. The number of amides is 1. The molecule has 0 saturated heterocycles. The maximum Gasteiger partial charge on any atom is 0.412 e. The van der Waals surface area contributed by atoms with Crippen LogP contribution in [0.5, 0.6) is 0 Å². The number of halogens is 1. The number of rotatable bonds is 8. The number of carbonyl (C=O) groups excluding carboxylic acids is 2. The zero-order chi connectivity index (χ0) is 26.9. The molecule has 38 heavy (non-hydrogen) atoms. The van der Waals surface area contributed by atoms with E-state index in [9.17, 15) is 14.0 Å². The van der Waals surface area contributed by atoms with E-state index < -0.39 is 22.7 Å². The van der Waals surface area contributed by atoms with Crippen LogP contribution < -0.4 is 5.32 Å². The predicted octanol–water partition coefficient (Wildman–Crippen LogP) is 8.50. The van der Waals surface area contributed by atoms with Crippen LogP contribution in [0.4, 0.5) is 14.9 Å². The van der Waals surface area contributed by atoms with Crippen LogP contribution in [-0.2, 0) is 19.7 Å². The highest BCUT2D eigenvalue weighted by Crippen LogP contribution is 2.50. The first kappa shape index (κ1) is 26.1. The molecular formula is C30H28FNO4S2. The number of hydrogen-bond donors (Lipinski definition) is 1. The van der Waals surface area contributed by atoms with E-state index in [0.717, 1.165) is 56.9 Å². The molecular weight excluding hydrogens is 521 g/mol. The summed E-state index contributed by atoms with van der Waals surface area (Å²) >= 11 is 2.56. The molecule has 5 nitrogen and oxygen atoms in total. The number of hydrogen-bond acceptors (Lipinski definition) is 6. The van der Waals surface area contributed by atoms with Gasteiger partial charge in [0.05, 0.1) is 22.6 Å². The van der Waals surface area contributed by atoms with Crippen molar-refractivity contribution in [3.05, 3.63) is 87.2 Å². The van der Waals surface area contributed by atoms with E-state index in [2.05, 4.69) is 5.32 Å². The van der Waals surface area contributed by atoms with E-state index in [-0.39, 0.29) is 5.97 Å². The molecule has 1 fully saturated rings. The SMILES string of the molecule is CCOC(=O)C1(c2ccc(-c3ccccc3-c3sc(F)cc3NC(=O)OC(C)c3ccsc3C)cc2)CC1. The molecule has 2 aromatic heterocycles. The number of anilines is 1. The predicted molar refractivity (Wildman–Crippen MR) is 150 cm³/mol. The van der Waals surface area contributed by atoms with Crippen molar-refractivity contribution in [1.82, 2.24) is 0 Å². The van der Waals surface area contributed by atoms with Crippen LogP contribution in [0.3, 0.4) is 0 Å². The topological polar surface area (TPSA) is 64.6 Å². The van der Waals surface area contributed by atoms with E-state index in [1.807, 2.05) is 80.7 Å². The van der Waals surface area contributed by atoms with Gasteiger partial charge < -0.3 is 9.47 Å². The van der Waals surface area contributed by atoms with Gasteiger partial charge in [-0.1, -0.05) is 48.5 Å². The average molecular weight is 550 g/mol. The van der Waals surface area contributed by atoms with Crippen molar-refractivity contribution in [3.8, 4) is 21.6 Å². The molecule has 1 saturated carbocycles. The minimum Gasteiger partial charge on any atom is -0.465 e. The fourth-order valence-electron chi connectivity index (χ4n) is 4.74. The Morgan fingerprint density at radius 2 is 1.79 bits per heavy atom. The highest BCUT2D eigenvalue weighted by atomic mass is 32.1. The summed E-state index contributed by atoms with van der Waals surface area (Å²) in [4.78, 5) is 26.9. The van der Waals surface area contributed by atoms with Crippen molar-refractivity contribution in [2.45, 2.75) is 45.1 Å². The van der Waals surface area contributed by atoms with E-state index in [1.54, 1.807) is 11.3 Å². The third-order valence-corrected chi connectivity index (χ3v) is 8.71. The summed E-state index contributed by atoms with van der Waals surface area (Å²) in [6.07, 6.45) is 0.499. The number of aryl methyl sites for hydroxylation is 1. The molecule has 0 spiro atoms. The van der Waals surface area contributed by atoms with Crippen LogP contribution >= 0.6 is 22.7 Å². The molecule has 2 aromatic carbocycles. The quantitative estimate of drug-likeness (QED) is 0.224. The van der Waals surface area contributed by atoms with Gasteiger partial charge in [0.25, 0.3) is 0 Å². The lowest BCUT2D eigenvalue weighted by Gasteiger charge is -2.16. The van der Waals surface area contributed by atoms with Gasteiger partial charge in [0.1, 0.15) is 6.10 Å². The van der Waals surface area contributed by atoms with E-state index in [0.29, 0.717) is 17.2 Å². The first-order valence-corrected chi connectivity index (χ1v) is 14.2. The zero-order valence-electron chi connectivity index (χ0n) is 21.4. The summed E-state index contributed by atoms with van der Waals surface area (Å²) in [6.45, 7) is 5.97. The summed E-state index contributed by atoms with van der Waals surface area (Å²) in [5, 5.41) is 4.29. The van der Waals surface area contributed by atoms with Crippen molar-refractivity contribution in [2.24, 2.45) is 0 Å². The summed E-state index contributed by atoms with van der Waals surface area (Å²) in [7, 11) is 0. The highest BCUT2D eigenvalue weighted by molar-refractivity contribution is 7.14. The van der Waals surface area contributed by atoms with Gasteiger partial charge in [-0.25, -0.2) is 4.79 Å². The van der Waals surface area contributed by atoms with Gasteiger partial charge in [-0.2, -0.15) is 4.39 Å². The summed E-state index contributed by atoms with van der Waals surface area (Å²) in [5.74, 6) is -0.173. The second-order valence-corrected chi connectivity index (χ2v) is 11.4. The van der Waals surface area contributed by atoms with E-state index in [4.69, 9.17) is 9.47 Å². The summed E-state index contributed by atoms with van der Waals surface area (Å²) < 4.78 is 25.4. The molecule has 0 bridgehead atoms. The maximum absolute atomic E-state index is 14.5. The number of carbonyl (C=O) groups is 2. The Morgan fingerprint density at radius 3 is 2.42 bits per heavy atom. The molecule has 0 aliphatic heterocycles. The van der Waals surface area contributed by atoms with E-state index in [1.165, 1.54) is 6.07 Å². The van der Waals surface area contributed by atoms with Crippen LogP contribution in [0, 0.1) is 12.1 Å². The smallest absolute Gasteiger partial charge is 0.412 e. The monoisotopic (exact) mass is 549 g/mol. The van der Waals surface area contributed by atoms with E-state index >= 15 is 0 Å². The van der Waals surface area contributed by atoms with Crippen LogP contribution in [0.15, 0.2) is 66.0 Å². The molecule has 4 aromatic rings. The highest BCUT2D eigenvalue weighted by Gasteiger charge is 2.52. The maximum atomic E-state index is 14.5. The molecule has 1 amide bonds. The third-order valence-electron chi connectivity index (χ3n) is 6.90. The molecule has 2 heterocycles. The van der Waals surface area contributed by atoms with Crippen LogP contribution in [-0.4, -0.2) is 18.7 Å². The number of ether oxygens (including phenoxy) is 2. The van der Waals surface area contributed by atoms with Crippen LogP contribution in [0.25, 0.3) is 21.6 Å². The molecule has 1 atom stereocenters. The Kier molecular flexibility index (Phi) is 7.36. The third kappa shape index (κ3) is 5.11. The first-order valence-electron chi connectivity index (χ1n) is 12.5. The second-order valence-electron chi connectivity index (χ2n) is 9.32. The molecule has 1 N–H and O–H groups in total. The van der Waals surface area contributed by atoms with Gasteiger partial charge in [0, 0.05) is 22.1 Å². The minimum atomic E-state index is -0.641.